The standard InChI is InChI=1S/C38H23NOS/c1-2-9-27(10-3-1)39-33-15-6-4-12-31(33)37-36(39)32-22-21-26(23-34(32)40-37)24-17-19-25(20-18-24)28-13-8-14-30-29-11-5-7-16-35(29)41-38(28)30/h1-23H. The van der Waals surface area contributed by atoms with Crippen LogP contribution in [0.2, 0.25) is 0 Å². The van der Waals surface area contributed by atoms with Crippen LogP contribution in [0.5, 0.6) is 0 Å². The van der Waals surface area contributed by atoms with Gasteiger partial charge in [0.1, 0.15) is 11.1 Å². The Balaban J connectivity index is 1.16. The van der Waals surface area contributed by atoms with Crippen molar-refractivity contribution >= 4 is 64.5 Å². The summed E-state index contributed by atoms with van der Waals surface area (Å²) in [4.78, 5) is 0. The first-order valence-corrected chi connectivity index (χ1v) is 14.7. The van der Waals surface area contributed by atoms with Gasteiger partial charge >= 0.3 is 0 Å². The SMILES string of the molecule is c1ccc(-n2c3ccccc3c3oc4cc(-c5ccc(-c6cccc7c6sc6ccccc67)cc5)ccc4c32)cc1. The summed E-state index contributed by atoms with van der Waals surface area (Å²) in [5.74, 6) is 0. The number of furan rings is 1. The van der Waals surface area contributed by atoms with Gasteiger partial charge in [-0.05, 0) is 64.7 Å². The van der Waals surface area contributed by atoms with Gasteiger partial charge in [0, 0.05) is 36.6 Å². The molecule has 0 N–H and O–H groups in total. The average Bonchev–Trinajstić information content (AvgIpc) is 3.70. The van der Waals surface area contributed by atoms with Crippen LogP contribution in [0, 0.1) is 0 Å². The van der Waals surface area contributed by atoms with E-state index in [1.54, 1.807) is 0 Å². The van der Waals surface area contributed by atoms with Crippen LogP contribution in [0.25, 0.3) is 81.1 Å². The molecule has 0 atom stereocenters. The third kappa shape index (κ3) is 3.36. The molecule has 192 valence electrons. The molecule has 41 heavy (non-hydrogen) atoms. The van der Waals surface area contributed by atoms with E-state index in [-0.39, 0.29) is 0 Å². The molecule has 3 heterocycles. The first kappa shape index (κ1) is 22.7. The number of benzene rings is 6. The van der Waals surface area contributed by atoms with Gasteiger partial charge in [-0.3, -0.25) is 0 Å². The van der Waals surface area contributed by atoms with Gasteiger partial charge in [-0.1, -0.05) is 97.1 Å². The molecular weight excluding hydrogens is 518 g/mol. The highest BCUT2D eigenvalue weighted by atomic mass is 32.1. The fraction of sp³-hybridized carbons (Fsp3) is 0. The molecule has 0 unspecified atom stereocenters. The zero-order valence-electron chi connectivity index (χ0n) is 22.0. The molecule has 9 rings (SSSR count). The quantitative estimate of drug-likeness (QED) is 0.217. The first-order valence-electron chi connectivity index (χ1n) is 13.9. The molecule has 6 aromatic carbocycles. The third-order valence-electron chi connectivity index (χ3n) is 8.22. The summed E-state index contributed by atoms with van der Waals surface area (Å²) in [5, 5.41) is 4.91. The second-order valence-electron chi connectivity index (χ2n) is 10.5. The van der Waals surface area contributed by atoms with Gasteiger partial charge in [-0.2, -0.15) is 0 Å². The second kappa shape index (κ2) is 8.69. The van der Waals surface area contributed by atoms with Gasteiger partial charge in [0.25, 0.3) is 0 Å². The largest absolute Gasteiger partial charge is 0.454 e. The lowest BCUT2D eigenvalue weighted by Gasteiger charge is -2.08. The smallest absolute Gasteiger partial charge is 0.161 e. The minimum absolute atomic E-state index is 0.905. The van der Waals surface area contributed by atoms with Gasteiger partial charge in [0.05, 0.1) is 5.52 Å². The zero-order valence-corrected chi connectivity index (χ0v) is 22.9. The lowest BCUT2D eigenvalue weighted by Crippen LogP contribution is -1.92. The molecule has 0 saturated heterocycles. The fourth-order valence-corrected chi connectivity index (χ4v) is 7.55. The molecule has 0 bridgehead atoms. The van der Waals surface area contributed by atoms with E-state index in [2.05, 4.69) is 144 Å². The topological polar surface area (TPSA) is 18.1 Å². The summed E-state index contributed by atoms with van der Waals surface area (Å²) in [5.41, 5.74) is 10.1. The molecule has 0 aliphatic rings. The molecule has 0 aliphatic carbocycles. The Morgan fingerprint density at radius 1 is 0.512 bits per heavy atom. The van der Waals surface area contributed by atoms with E-state index in [1.807, 2.05) is 11.3 Å². The number of para-hydroxylation sites is 2. The maximum atomic E-state index is 6.58. The highest BCUT2D eigenvalue weighted by Gasteiger charge is 2.19. The number of hydrogen-bond donors (Lipinski definition) is 0. The number of nitrogens with zero attached hydrogens (tertiary/aromatic N) is 1. The van der Waals surface area contributed by atoms with Crippen molar-refractivity contribution in [3.05, 3.63) is 140 Å². The minimum atomic E-state index is 0.905. The molecule has 0 amide bonds. The van der Waals surface area contributed by atoms with Crippen molar-refractivity contribution in [2.75, 3.05) is 0 Å². The molecule has 0 saturated carbocycles. The Kier molecular flexibility index (Phi) is 4.80. The Morgan fingerprint density at radius 2 is 1.22 bits per heavy atom. The van der Waals surface area contributed by atoms with E-state index in [9.17, 15) is 0 Å². The van der Waals surface area contributed by atoms with Gasteiger partial charge < -0.3 is 8.98 Å². The summed E-state index contributed by atoms with van der Waals surface area (Å²) in [6, 6.07) is 49.9. The highest BCUT2D eigenvalue weighted by Crippen LogP contribution is 2.42. The van der Waals surface area contributed by atoms with Gasteiger partial charge in [-0.15, -0.1) is 11.3 Å². The number of aromatic nitrogens is 1. The van der Waals surface area contributed by atoms with Crippen LogP contribution >= 0.6 is 11.3 Å². The number of fused-ring (bicyclic) bond motifs is 8. The lowest BCUT2D eigenvalue weighted by atomic mass is 9.98. The van der Waals surface area contributed by atoms with Crippen molar-refractivity contribution in [2.45, 2.75) is 0 Å². The Bertz CT molecular complexity index is 2410. The van der Waals surface area contributed by atoms with Crippen LogP contribution in [0.1, 0.15) is 0 Å². The van der Waals surface area contributed by atoms with Crippen molar-refractivity contribution in [2.24, 2.45) is 0 Å². The van der Waals surface area contributed by atoms with Crippen molar-refractivity contribution in [3.8, 4) is 27.9 Å². The minimum Gasteiger partial charge on any atom is -0.454 e. The van der Waals surface area contributed by atoms with E-state index in [1.165, 1.54) is 36.9 Å². The fourth-order valence-electron chi connectivity index (χ4n) is 6.31. The molecule has 0 spiro atoms. The molecule has 0 radical (unpaired) electrons. The van der Waals surface area contributed by atoms with E-state index in [0.717, 1.165) is 44.2 Å². The van der Waals surface area contributed by atoms with Crippen LogP contribution in [-0.2, 0) is 0 Å². The van der Waals surface area contributed by atoms with Crippen LogP contribution in [0.4, 0.5) is 0 Å². The van der Waals surface area contributed by atoms with Crippen LogP contribution in [0.15, 0.2) is 144 Å². The maximum Gasteiger partial charge on any atom is 0.161 e. The second-order valence-corrected chi connectivity index (χ2v) is 11.6. The van der Waals surface area contributed by atoms with E-state index in [0.29, 0.717) is 0 Å². The Morgan fingerprint density at radius 3 is 2.10 bits per heavy atom. The van der Waals surface area contributed by atoms with Gasteiger partial charge in [0.2, 0.25) is 0 Å². The molecular formula is C38H23NOS. The Labute approximate surface area is 240 Å². The van der Waals surface area contributed by atoms with Crippen LogP contribution in [0.3, 0.4) is 0 Å². The van der Waals surface area contributed by atoms with Crippen molar-refractivity contribution < 1.29 is 4.42 Å². The highest BCUT2D eigenvalue weighted by molar-refractivity contribution is 7.26. The normalized spacial score (nSPS) is 11.9. The van der Waals surface area contributed by atoms with Gasteiger partial charge in [0.15, 0.2) is 5.58 Å². The zero-order chi connectivity index (χ0) is 26.9. The first-order chi connectivity index (χ1) is 20.3. The van der Waals surface area contributed by atoms with Gasteiger partial charge in [-0.25, -0.2) is 0 Å². The third-order valence-corrected chi connectivity index (χ3v) is 9.44. The van der Waals surface area contributed by atoms with Crippen molar-refractivity contribution in [3.63, 3.8) is 0 Å². The molecule has 2 nitrogen and oxygen atoms in total. The van der Waals surface area contributed by atoms with E-state index < -0.39 is 0 Å². The van der Waals surface area contributed by atoms with Crippen LogP contribution in [-0.4, -0.2) is 4.57 Å². The monoisotopic (exact) mass is 541 g/mol. The van der Waals surface area contributed by atoms with E-state index in [4.69, 9.17) is 4.42 Å². The summed E-state index contributed by atoms with van der Waals surface area (Å²) in [6.07, 6.45) is 0. The average molecular weight is 542 g/mol. The number of thiophene rings is 1. The predicted molar refractivity (Wildman–Crippen MR) is 174 cm³/mol. The number of rotatable bonds is 3. The molecule has 3 aromatic heterocycles. The van der Waals surface area contributed by atoms with E-state index >= 15 is 0 Å². The van der Waals surface area contributed by atoms with Crippen molar-refractivity contribution in [1.82, 2.24) is 4.57 Å². The maximum absolute atomic E-state index is 6.58. The summed E-state index contributed by atoms with van der Waals surface area (Å²) in [6.45, 7) is 0. The molecule has 0 fully saturated rings. The number of hydrogen-bond acceptors (Lipinski definition) is 2. The lowest BCUT2D eigenvalue weighted by molar-refractivity contribution is 0.673. The van der Waals surface area contributed by atoms with Crippen molar-refractivity contribution in [1.29, 1.82) is 0 Å². The summed E-state index contributed by atoms with van der Waals surface area (Å²) < 4.78 is 11.6. The Hall–Kier alpha value is -5.12. The summed E-state index contributed by atoms with van der Waals surface area (Å²) in [7, 11) is 0. The van der Waals surface area contributed by atoms with Crippen LogP contribution < -0.4 is 0 Å². The molecule has 0 aliphatic heterocycles. The molecule has 3 heteroatoms. The molecule has 9 aromatic rings. The predicted octanol–water partition coefficient (Wildman–Crippen LogP) is 11.2. The summed E-state index contributed by atoms with van der Waals surface area (Å²) >= 11 is 1.87.